The van der Waals surface area contributed by atoms with Crippen LogP contribution in [0.3, 0.4) is 0 Å². The number of carbonyl (C=O) groups excluding carboxylic acids is 1. The van der Waals surface area contributed by atoms with E-state index in [4.69, 9.17) is 4.98 Å². The molecule has 29 heavy (non-hydrogen) atoms. The highest BCUT2D eigenvalue weighted by Crippen LogP contribution is 2.38. The van der Waals surface area contributed by atoms with E-state index in [1.807, 2.05) is 43.3 Å². The van der Waals surface area contributed by atoms with Crippen molar-refractivity contribution in [3.63, 3.8) is 0 Å². The lowest BCUT2D eigenvalue weighted by Gasteiger charge is -2.20. The van der Waals surface area contributed by atoms with Crippen molar-refractivity contribution >= 4 is 38.8 Å². The van der Waals surface area contributed by atoms with E-state index >= 15 is 0 Å². The molecule has 0 aliphatic rings. The standard InChI is InChI=1S/C25H24N2OS/c1-3-10-22-24(19-12-6-5-7-13-19)26-25(29-22)27(23(28)4-2)21-16-15-18-11-8-9-14-20(18)17-21/h5-9,11-17H,3-4,10H2,1-2H3. The lowest BCUT2D eigenvalue weighted by molar-refractivity contribution is -0.117. The van der Waals surface area contributed by atoms with E-state index in [1.54, 1.807) is 16.2 Å². The number of hydrogen-bond acceptors (Lipinski definition) is 3. The lowest BCUT2D eigenvalue weighted by atomic mass is 10.1. The van der Waals surface area contributed by atoms with Gasteiger partial charge in [0, 0.05) is 16.9 Å². The number of fused-ring (bicyclic) bond motifs is 1. The summed E-state index contributed by atoms with van der Waals surface area (Å²) in [6.07, 6.45) is 2.42. The third kappa shape index (κ3) is 3.94. The highest BCUT2D eigenvalue weighted by atomic mass is 32.1. The van der Waals surface area contributed by atoms with Gasteiger partial charge in [0.2, 0.25) is 5.91 Å². The summed E-state index contributed by atoms with van der Waals surface area (Å²) >= 11 is 1.62. The largest absolute Gasteiger partial charge is 0.274 e. The van der Waals surface area contributed by atoms with Gasteiger partial charge in [-0.15, -0.1) is 11.3 Å². The summed E-state index contributed by atoms with van der Waals surface area (Å²) in [6, 6.07) is 24.6. The van der Waals surface area contributed by atoms with Crippen LogP contribution in [0.5, 0.6) is 0 Å². The average Bonchev–Trinajstić information content (AvgIpc) is 3.18. The number of thiazole rings is 1. The highest BCUT2D eigenvalue weighted by Gasteiger charge is 2.23. The van der Waals surface area contributed by atoms with Crippen molar-refractivity contribution in [3.05, 3.63) is 77.7 Å². The van der Waals surface area contributed by atoms with Crippen LogP contribution >= 0.6 is 11.3 Å². The molecule has 0 N–H and O–H groups in total. The van der Waals surface area contributed by atoms with Crippen molar-refractivity contribution in [1.82, 2.24) is 4.98 Å². The molecule has 0 unspecified atom stereocenters. The Morgan fingerprint density at radius 2 is 1.66 bits per heavy atom. The number of nitrogens with zero attached hydrogens (tertiary/aromatic N) is 2. The molecule has 1 heterocycles. The van der Waals surface area contributed by atoms with Gasteiger partial charge in [-0.3, -0.25) is 9.69 Å². The lowest BCUT2D eigenvalue weighted by Crippen LogP contribution is -2.24. The Labute approximate surface area is 175 Å². The topological polar surface area (TPSA) is 33.2 Å². The second kappa shape index (κ2) is 8.58. The van der Waals surface area contributed by atoms with Crippen molar-refractivity contribution in [1.29, 1.82) is 0 Å². The van der Waals surface area contributed by atoms with Crippen LogP contribution in [0.4, 0.5) is 10.8 Å². The van der Waals surface area contributed by atoms with E-state index in [9.17, 15) is 4.79 Å². The molecule has 0 saturated carbocycles. The summed E-state index contributed by atoms with van der Waals surface area (Å²) in [5.41, 5.74) is 2.95. The van der Waals surface area contributed by atoms with Gasteiger partial charge in [0.15, 0.2) is 5.13 Å². The van der Waals surface area contributed by atoms with Crippen LogP contribution in [0.25, 0.3) is 22.0 Å². The minimum Gasteiger partial charge on any atom is -0.274 e. The monoisotopic (exact) mass is 400 g/mol. The molecule has 0 saturated heterocycles. The maximum atomic E-state index is 13.0. The summed E-state index contributed by atoms with van der Waals surface area (Å²) < 4.78 is 0. The van der Waals surface area contributed by atoms with Crippen LogP contribution in [0.2, 0.25) is 0 Å². The van der Waals surface area contributed by atoms with Crippen LogP contribution in [-0.4, -0.2) is 10.9 Å². The second-order valence-corrected chi connectivity index (χ2v) is 8.06. The molecule has 1 amide bonds. The molecule has 3 aromatic carbocycles. The highest BCUT2D eigenvalue weighted by molar-refractivity contribution is 7.16. The van der Waals surface area contributed by atoms with Crippen LogP contribution in [0, 0.1) is 0 Å². The third-order valence-electron chi connectivity index (χ3n) is 4.94. The van der Waals surface area contributed by atoms with Crippen molar-refractivity contribution in [2.24, 2.45) is 0 Å². The molecule has 4 heteroatoms. The first-order chi connectivity index (χ1) is 14.2. The summed E-state index contributed by atoms with van der Waals surface area (Å²) in [4.78, 5) is 20.9. The van der Waals surface area contributed by atoms with Gasteiger partial charge < -0.3 is 0 Å². The van der Waals surface area contributed by atoms with Gasteiger partial charge >= 0.3 is 0 Å². The predicted molar refractivity (Wildman–Crippen MR) is 123 cm³/mol. The summed E-state index contributed by atoms with van der Waals surface area (Å²) in [5.74, 6) is 0.0525. The number of aromatic nitrogens is 1. The first-order valence-electron chi connectivity index (χ1n) is 10.1. The molecule has 0 atom stereocenters. The fourth-order valence-electron chi connectivity index (χ4n) is 3.49. The molecule has 3 nitrogen and oxygen atoms in total. The third-order valence-corrected chi connectivity index (χ3v) is 6.05. The van der Waals surface area contributed by atoms with E-state index in [1.165, 1.54) is 4.88 Å². The van der Waals surface area contributed by atoms with Crippen LogP contribution < -0.4 is 4.90 Å². The van der Waals surface area contributed by atoms with E-state index in [-0.39, 0.29) is 5.91 Å². The van der Waals surface area contributed by atoms with Crippen molar-refractivity contribution in [2.75, 3.05) is 4.90 Å². The fraction of sp³-hybridized carbons (Fsp3) is 0.200. The number of carbonyl (C=O) groups is 1. The van der Waals surface area contributed by atoms with Crippen LogP contribution in [-0.2, 0) is 11.2 Å². The quantitative estimate of drug-likeness (QED) is 0.349. The Balaban J connectivity index is 1.84. The first-order valence-corrected chi connectivity index (χ1v) is 10.9. The van der Waals surface area contributed by atoms with Gasteiger partial charge in [-0.25, -0.2) is 4.98 Å². The second-order valence-electron chi connectivity index (χ2n) is 7.00. The predicted octanol–water partition coefficient (Wildman–Crippen LogP) is 6.99. The van der Waals surface area contributed by atoms with Gasteiger partial charge in [-0.2, -0.15) is 0 Å². The Bertz CT molecular complexity index is 1130. The molecule has 0 spiro atoms. The molecule has 4 rings (SSSR count). The van der Waals surface area contributed by atoms with Gasteiger partial charge in [-0.05, 0) is 29.3 Å². The minimum absolute atomic E-state index is 0.0525. The van der Waals surface area contributed by atoms with E-state index < -0.39 is 0 Å². The van der Waals surface area contributed by atoms with Crippen LogP contribution in [0.15, 0.2) is 72.8 Å². The van der Waals surface area contributed by atoms with Gasteiger partial charge in [0.25, 0.3) is 0 Å². The number of hydrogen-bond donors (Lipinski definition) is 0. The van der Waals surface area contributed by atoms with E-state index in [0.29, 0.717) is 6.42 Å². The minimum atomic E-state index is 0.0525. The van der Waals surface area contributed by atoms with E-state index in [0.717, 1.165) is 45.7 Å². The molecular weight excluding hydrogens is 376 g/mol. The van der Waals surface area contributed by atoms with Crippen molar-refractivity contribution in [2.45, 2.75) is 33.1 Å². The molecule has 0 aliphatic heterocycles. The van der Waals surface area contributed by atoms with Gasteiger partial charge in [0.05, 0.1) is 11.4 Å². The molecular formula is C25H24N2OS. The Hall–Kier alpha value is -2.98. The number of anilines is 2. The number of rotatable bonds is 6. The molecule has 0 bridgehead atoms. The molecule has 1 aromatic heterocycles. The van der Waals surface area contributed by atoms with Crippen molar-refractivity contribution < 1.29 is 4.79 Å². The fourth-order valence-corrected chi connectivity index (χ4v) is 4.71. The zero-order valence-corrected chi connectivity index (χ0v) is 17.6. The normalized spacial score (nSPS) is 11.0. The molecule has 4 aromatic rings. The number of aryl methyl sites for hydroxylation is 1. The zero-order valence-electron chi connectivity index (χ0n) is 16.8. The Kier molecular flexibility index (Phi) is 5.72. The van der Waals surface area contributed by atoms with Gasteiger partial charge in [0.1, 0.15) is 0 Å². The Morgan fingerprint density at radius 1 is 0.931 bits per heavy atom. The molecule has 0 aliphatic carbocycles. The van der Waals surface area contributed by atoms with Gasteiger partial charge in [-0.1, -0.05) is 80.9 Å². The van der Waals surface area contributed by atoms with E-state index in [2.05, 4.69) is 43.3 Å². The van der Waals surface area contributed by atoms with Crippen LogP contribution in [0.1, 0.15) is 31.6 Å². The molecule has 0 fully saturated rings. The SMILES string of the molecule is CCCc1sc(N(C(=O)CC)c2ccc3ccccc3c2)nc1-c1ccccc1. The number of benzene rings is 3. The number of amides is 1. The summed E-state index contributed by atoms with van der Waals surface area (Å²) in [7, 11) is 0. The summed E-state index contributed by atoms with van der Waals surface area (Å²) in [5, 5.41) is 3.03. The maximum absolute atomic E-state index is 13.0. The smallest absolute Gasteiger partial charge is 0.233 e. The first kappa shape index (κ1) is 19.3. The Morgan fingerprint density at radius 3 is 2.38 bits per heavy atom. The average molecular weight is 401 g/mol. The molecule has 0 radical (unpaired) electrons. The summed E-state index contributed by atoms with van der Waals surface area (Å²) in [6.45, 7) is 4.07. The molecule has 146 valence electrons. The maximum Gasteiger partial charge on any atom is 0.233 e. The zero-order chi connectivity index (χ0) is 20.2. The van der Waals surface area contributed by atoms with Crippen molar-refractivity contribution in [3.8, 4) is 11.3 Å².